The number of phenolic OH excluding ortho intramolecular Hbond substituents is 1. The molecule has 0 radical (unpaired) electrons. The number of imide groups is 1. The summed E-state index contributed by atoms with van der Waals surface area (Å²) in [4.78, 5) is 128. The number of carbonyl (C=O) groups is 10. The van der Waals surface area contributed by atoms with Gasteiger partial charge in [-0.2, -0.15) is 25.3 Å². The van der Waals surface area contributed by atoms with Gasteiger partial charge in [0.15, 0.2) is 0 Å². The predicted molar refractivity (Wildman–Crippen MR) is 246 cm³/mol. The van der Waals surface area contributed by atoms with Crippen molar-refractivity contribution in [3.8, 4) is 5.75 Å². The van der Waals surface area contributed by atoms with E-state index in [-0.39, 0.29) is 93.1 Å². The van der Waals surface area contributed by atoms with Crippen molar-refractivity contribution >= 4 is 96.1 Å². The minimum Gasteiger partial charge on any atom is -0.508 e. The Balaban J connectivity index is 1.93. The van der Waals surface area contributed by atoms with Crippen LogP contribution < -0.4 is 48.3 Å². The lowest BCUT2D eigenvalue weighted by Gasteiger charge is -2.26. The van der Waals surface area contributed by atoms with E-state index in [1.165, 1.54) is 37.9 Å². The summed E-state index contributed by atoms with van der Waals surface area (Å²) in [5, 5.41) is 39.3. The summed E-state index contributed by atoms with van der Waals surface area (Å²) in [6.07, 6.45) is -0.0664. The van der Waals surface area contributed by atoms with Crippen molar-refractivity contribution in [1.29, 1.82) is 0 Å². The number of likely N-dealkylation sites (tertiary alicyclic amines) is 1. The summed E-state index contributed by atoms with van der Waals surface area (Å²) in [5.74, 6) is -5.73. The Kier molecular flexibility index (Phi) is 26.0. The van der Waals surface area contributed by atoms with Gasteiger partial charge < -0.3 is 58.5 Å². The summed E-state index contributed by atoms with van der Waals surface area (Å²) >= 11 is 9.40. The average molecular weight is 971 g/mol. The van der Waals surface area contributed by atoms with Gasteiger partial charge in [-0.15, -0.1) is 11.8 Å². The lowest BCUT2D eigenvalue weighted by molar-refractivity contribution is -0.138. The zero-order chi connectivity index (χ0) is 48.5. The summed E-state index contributed by atoms with van der Waals surface area (Å²) in [6.45, 7) is 0.525. The molecular formula is C40H62N10O12S3. The summed E-state index contributed by atoms with van der Waals surface area (Å²) < 4.78 is 0. The number of benzene rings is 1. The van der Waals surface area contributed by atoms with Gasteiger partial charge in [-0.25, -0.2) is 0 Å². The van der Waals surface area contributed by atoms with Crippen molar-refractivity contribution < 1.29 is 58.2 Å². The lowest BCUT2D eigenvalue weighted by Crippen LogP contribution is -2.60. The molecule has 0 spiro atoms. The highest BCUT2D eigenvalue weighted by Gasteiger charge is 2.38. The van der Waals surface area contributed by atoms with Gasteiger partial charge >= 0.3 is 0 Å². The quantitative estimate of drug-likeness (QED) is 0.0201. The Morgan fingerprint density at radius 1 is 0.785 bits per heavy atom. The maximum Gasteiger partial charge on any atom is 0.245 e. The second-order valence-corrected chi connectivity index (χ2v) is 17.0. The van der Waals surface area contributed by atoms with E-state index in [2.05, 4.69) is 67.8 Å². The smallest absolute Gasteiger partial charge is 0.245 e. The fourth-order valence-corrected chi connectivity index (χ4v) is 7.69. The molecule has 22 nitrogen and oxygen atoms in total. The molecule has 362 valence electrons. The number of aliphatic hydroxyl groups excluding tert-OH is 1. The number of thiol groups is 2. The molecule has 1 aromatic rings. The van der Waals surface area contributed by atoms with E-state index in [4.69, 9.17) is 5.73 Å². The van der Waals surface area contributed by atoms with Crippen LogP contribution in [0.1, 0.15) is 57.4 Å². The third kappa shape index (κ3) is 20.7. The second kappa shape index (κ2) is 30.2. The van der Waals surface area contributed by atoms with Crippen molar-refractivity contribution in [2.45, 2.75) is 93.8 Å². The lowest BCUT2D eigenvalue weighted by atomic mass is 10.0. The molecule has 0 saturated carbocycles. The van der Waals surface area contributed by atoms with Gasteiger partial charge in [0.2, 0.25) is 59.1 Å². The molecular weight excluding hydrogens is 909 g/mol. The molecule has 65 heavy (non-hydrogen) atoms. The highest BCUT2D eigenvalue weighted by Crippen LogP contribution is 2.25. The molecule has 6 atom stereocenters. The van der Waals surface area contributed by atoms with E-state index in [1.807, 2.05) is 0 Å². The van der Waals surface area contributed by atoms with Crippen molar-refractivity contribution in [1.82, 2.24) is 47.4 Å². The second-order valence-electron chi connectivity index (χ2n) is 14.8. The number of hydrogen-bond acceptors (Lipinski definition) is 16. The molecule has 0 bridgehead atoms. The highest BCUT2D eigenvalue weighted by atomic mass is 32.2. The fourth-order valence-electron chi connectivity index (χ4n) is 6.11. The highest BCUT2D eigenvalue weighted by molar-refractivity contribution is 8.00. The number of hydrogen-bond donors (Lipinski definition) is 13. The molecule has 1 fully saturated rings. The number of nitrogens with one attached hydrogen (secondary N) is 8. The largest absolute Gasteiger partial charge is 0.508 e. The van der Waals surface area contributed by atoms with E-state index in [0.29, 0.717) is 24.2 Å². The van der Waals surface area contributed by atoms with Gasteiger partial charge in [0.25, 0.3) is 0 Å². The summed E-state index contributed by atoms with van der Waals surface area (Å²) in [5.41, 5.74) is 6.23. The molecule has 1 saturated heterocycles. The zero-order valence-corrected chi connectivity index (χ0v) is 39.0. The Hall–Kier alpha value is -5.11. The number of thioether (sulfide) groups is 1. The normalized spacial score (nSPS) is 15.7. The number of nitrogens with zero attached hydrogens (tertiary/aromatic N) is 1. The van der Waals surface area contributed by atoms with Crippen LogP contribution in [-0.4, -0.2) is 167 Å². The van der Waals surface area contributed by atoms with Crippen molar-refractivity contribution in [3.05, 3.63) is 29.8 Å². The Labute approximate surface area is 392 Å². The third-order valence-electron chi connectivity index (χ3n) is 9.70. The van der Waals surface area contributed by atoms with E-state index in [0.717, 1.165) is 4.90 Å². The number of aromatic hydroxyl groups is 1. The molecule has 0 aromatic heterocycles. The first-order valence-electron chi connectivity index (χ1n) is 21.0. The molecule has 1 aromatic carbocycles. The van der Waals surface area contributed by atoms with Crippen molar-refractivity contribution in [3.63, 3.8) is 0 Å². The van der Waals surface area contributed by atoms with Crippen molar-refractivity contribution in [2.24, 2.45) is 5.73 Å². The van der Waals surface area contributed by atoms with Gasteiger partial charge in [0.1, 0.15) is 29.9 Å². The Bertz CT molecular complexity index is 1810. The standard InChI is InChI=1S/C40H62N10O12S3/c1-23(51)35(39(61)48-28(22-64)37(59)44-20-32(55)43-14-5-15-50-34(57)19-29(40(50)62)65-17-12-30(53)42-2)49-38(60)26(6-3-4-13-41)46-33(56)21-45-36(58)27(47-31(54)11-16-63)18-24-7-9-25(52)10-8-24/h7-10,23,26-29,35,51-52,63-64H,3-6,11-22,41H2,1-2H3,(H,42,53)(H,43,55)(H,44,59)(H,45,58)(H,46,56)(H,47,54)(H,48,61)(H,49,60)/t23-,26+,27+,28+,29?,35+/m1/s1. The van der Waals surface area contributed by atoms with Gasteiger partial charge in [-0.3, -0.25) is 52.8 Å². The fraction of sp³-hybridized carbons (Fsp3) is 0.600. The molecule has 1 aliphatic rings. The molecule has 12 N–H and O–H groups in total. The topological polar surface area (TPSA) is 337 Å². The molecule has 0 aliphatic carbocycles. The van der Waals surface area contributed by atoms with Gasteiger partial charge in [0, 0.05) is 57.3 Å². The zero-order valence-electron chi connectivity index (χ0n) is 36.4. The van der Waals surface area contributed by atoms with Crippen LogP contribution in [0.4, 0.5) is 0 Å². The van der Waals surface area contributed by atoms with Gasteiger partial charge in [-0.1, -0.05) is 12.1 Å². The number of rotatable bonds is 30. The van der Waals surface area contributed by atoms with Crippen molar-refractivity contribution in [2.75, 3.05) is 57.0 Å². The van der Waals surface area contributed by atoms with Crippen LogP contribution >= 0.6 is 37.0 Å². The van der Waals surface area contributed by atoms with Crippen LogP contribution in [0.3, 0.4) is 0 Å². The van der Waals surface area contributed by atoms with Crippen LogP contribution in [0.15, 0.2) is 24.3 Å². The van der Waals surface area contributed by atoms with Gasteiger partial charge in [-0.05, 0) is 62.6 Å². The molecule has 10 amide bonds. The monoisotopic (exact) mass is 970 g/mol. The average Bonchev–Trinajstić information content (AvgIpc) is 3.54. The first-order valence-corrected chi connectivity index (χ1v) is 23.3. The number of carbonyl (C=O) groups excluding carboxylic acids is 10. The maximum atomic E-state index is 13.5. The van der Waals surface area contributed by atoms with E-state index in [9.17, 15) is 58.2 Å². The van der Waals surface area contributed by atoms with E-state index in [1.54, 1.807) is 12.1 Å². The minimum atomic E-state index is -1.62. The Morgan fingerprint density at radius 3 is 2.05 bits per heavy atom. The van der Waals surface area contributed by atoms with Crippen LogP contribution in [0, 0.1) is 0 Å². The summed E-state index contributed by atoms with van der Waals surface area (Å²) in [6, 6.07) is 0.676. The first kappa shape index (κ1) is 56.0. The Morgan fingerprint density at radius 2 is 1.43 bits per heavy atom. The van der Waals surface area contributed by atoms with Crippen LogP contribution in [0.5, 0.6) is 5.75 Å². The number of nitrogens with two attached hydrogens (primary N) is 1. The van der Waals surface area contributed by atoms with E-state index >= 15 is 0 Å². The van der Waals surface area contributed by atoms with Crippen LogP contribution in [0.25, 0.3) is 0 Å². The third-order valence-corrected chi connectivity index (χ3v) is 11.5. The number of aliphatic hydroxyl groups is 1. The molecule has 1 unspecified atom stereocenters. The number of unbranched alkanes of at least 4 members (excludes halogenated alkanes) is 1. The van der Waals surface area contributed by atoms with Crippen LogP contribution in [-0.2, 0) is 54.4 Å². The predicted octanol–water partition coefficient (Wildman–Crippen LogP) is -3.63. The molecule has 1 aliphatic heterocycles. The SMILES string of the molecule is CNC(=O)CCSC1CC(=O)N(CCCNC(=O)CNC(=O)[C@H](CS)NC(=O)[C@@H](NC(=O)[C@H](CCCCN)NC(=O)CNC(=O)[C@H](Cc2ccc(O)cc2)NC(=O)CCS)[C@@H](C)O)C1=O. The number of phenols is 1. The first-order chi connectivity index (χ1) is 30.9. The number of amides is 10. The minimum absolute atomic E-state index is 0.00629. The van der Waals surface area contributed by atoms with E-state index < -0.39 is 90.0 Å². The molecule has 25 heteroatoms. The molecule has 2 rings (SSSR count). The molecule has 1 heterocycles. The maximum absolute atomic E-state index is 13.5. The summed E-state index contributed by atoms with van der Waals surface area (Å²) in [7, 11) is 1.51. The van der Waals surface area contributed by atoms with Gasteiger partial charge in [0.05, 0.1) is 24.4 Å². The van der Waals surface area contributed by atoms with Crippen LogP contribution in [0.2, 0.25) is 0 Å².